The van der Waals surface area contributed by atoms with Gasteiger partial charge in [-0.2, -0.15) is 17.6 Å². The molecule has 1 aromatic heterocycles. The first-order chi connectivity index (χ1) is 15.4. The van der Waals surface area contributed by atoms with Gasteiger partial charge in [-0.3, -0.25) is 0 Å². The molecule has 7 nitrogen and oxygen atoms in total. The summed E-state index contributed by atoms with van der Waals surface area (Å²) in [4.78, 5) is 8.31. The highest BCUT2D eigenvalue weighted by Gasteiger charge is 2.15. The standard InChI is InChI=1S/C20H17BrF4N2O5/c21-12-2-1-3-13(8-12)32-18-14-9-16(28-4-6-30-19(22)23)17(10-15(14)26-11-27-18)29-5-7-31-20(24)25/h1-3,8-11,19-20H,4-7H2. The van der Waals surface area contributed by atoms with Crippen molar-refractivity contribution in [3.8, 4) is 23.1 Å². The minimum Gasteiger partial charge on any atom is -0.487 e. The number of hydrogen-bond acceptors (Lipinski definition) is 7. The van der Waals surface area contributed by atoms with Gasteiger partial charge in [0, 0.05) is 10.5 Å². The molecule has 0 aliphatic heterocycles. The van der Waals surface area contributed by atoms with Crippen LogP contribution in [0.4, 0.5) is 17.6 Å². The van der Waals surface area contributed by atoms with Crippen LogP contribution in [0.1, 0.15) is 0 Å². The minimum atomic E-state index is -2.93. The molecule has 3 aromatic rings. The second kappa shape index (κ2) is 11.8. The summed E-state index contributed by atoms with van der Waals surface area (Å²) < 4.78 is 74.7. The summed E-state index contributed by atoms with van der Waals surface area (Å²) in [5.41, 5.74) is 0.422. The molecule has 172 valence electrons. The zero-order valence-corrected chi connectivity index (χ0v) is 17.9. The molecule has 2 aromatic carbocycles. The normalized spacial score (nSPS) is 11.3. The van der Waals surface area contributed by atoms with Crippen LogP contribution < -0.4 is 14.2 Å². The van der Waals surface area contributed by atoms with E-state index in [1.807, 2.05) is 6.07 Å². The molecule has 0 saturated carbocycles. The lowest BCUT2D eigenvalue weighted by Crippen LogP contribution is -2.12. The summed E-state index contributed by atoms with van der Waals surface area (Å²) in [7, 11) is 0. The molecule has 12 heteroatoms. The first-order valence-electron chi connectivity index (χ1n) is 9.19. The van der Waals surface area contributed by atoms with Gasteiger partial charge >= 0.3 is 13.2 Å². The maximum atomic E-state index is 12.2. The predicted molar refractivity (Wildman–Crippen MR) is 109 cm³/mol. The van der Waals surface area contributed by atoms with Crippen LogP contribution in [0.25, 0.3) is 10.9 Å². The van der Waals surface area contributed by atoms with Crippen molar-refractivity contribution in [2.24, 2.45) is 0 Å². The lowest BCUT2D eigenvalue weighted by atomic mass is 10.2. The lowest BCUT2D eigenvalue weighted by molar-refractivity contribution is -0.134. The van der Waals surface area contributed by atoms with Crippen LogP contribution >= 0.6 is 15.9 Å². The second-order valence-corrected chi connectivity index (χ2v) is 6.93. The van der Waals surface area contributed by atoms with Crippen molar-refractivity contribution in [1.82, 2.24) is 9.97 Å². The molecule has 0 unspecified atom stereocenters. The van der Waals surface area contributed by atoms with Gasteiger partial charge in [0.1, 0.15) is 25.3 Å². The van der Waals surface area contributed by atoms with E-state index in [4.69, 9.17) is 14.2 Å². The van der Waals surface area contributed by atoms with Crippen molar-refractivity contribution in [3.05, 3.63) is 47.2 Å². The summed E-state index contributed by atoms with van der Waals surface area (Å²) in [5, 5.41) is 0.452. The van der Waals surface area contributed by atoms with Gasteiger partial charge in [0.25, 0.3) is 0 Å². The third kappa shape index (κ3) is 7.18. The fraction of sp³-hybridized carbons (Fsp3) is 0.300. The Balaban J connectivity index is 1.86. The van der Waals surface area contributed by atoms with Gasteiger partial charge in [-0.05, 0) is 24.3 Å². The summed E-state index contributed by atoms with van der Waals surface area (Å²) in [6.07, 6.45) is 1.29. The molecule has 0 bridgehead atoms. The highest BCUT2D eigenvalue weighted by atomic mass is 79.9. The molecular weight excluding hydrogens is 504 g/mol. The van der Waals surface area contributed by atoms with Crippen LogP contribution in [0.2, 0.25) is 0 Å². The van der Waals surface area contributed by atoms with Crippen molar-refractivity contribution in [2.75, 3.05) is 26.4 Å². The first-order valence-corrected chi connectivity index (χ1v) is 9.99. The molecule has 0 saturated heterocycles. The molecule has 3 rings (SSSR count). The number of benzene rings is 2. The molecule has 0 spiro atoms. The van der Waals surface area contributed by atoms with Gasteiger partial charge in [0.2, 0.25) is 5.88 Å². The Morgan fingerprint density at radius 3 is 2.09 bits per heavy atom. The Morgan fingerprint density at radius 2 is 1.47 bits per heavy atom. The third-order valence-electron chi connectivity index (χ3n) is 3.84. The Kier molecular flexibility index (Phi) is 8.82. The van der Waals surface area contributed by atoms with Crippen molar-refractivity contribution in [2.45, 2.75) is 13.2 Å². The number of halogens is 5. The molecule has 0 N–H and O–H groups in total. The molecule has 0 radical (unpaired) electrons. The van der Waals surface area contributed by atoms with Crippen molar-refractivity contribution in [1.29, 1.82) is 0 Å². The van der Waals surface area contributed by atoms with Crippen LogP contribution in [-0.2, 0) is 9.47 Å². The van der Waals surface area contributed by atoms with E-state index in [1.54, 1.807) is 18.2 Å². The number of fused-ring (bicyclic) bond motifs is 1. The molecule has 0 aliphatic carbocycles. The average Bonchev–Trinajstić information content (AvgIpc) is 2.74. The van der Waals surface area contributed by atoms with Crippen LogP contribution in [0.15, 0.2) is 47.2 Å². The van der Waals surface area contributed by atoms with E-state index < -0.39 is 13.2 Å². The molecule has 1 heterocycles. The maximum Gasteiger partial charge on any atom is 0.345 e. The van der Waals surface area contributed by atoms with E-state index in [0.29, 0.717) is 16.7 Å². The van der Waals surface area contributed by atoms with Gasteiger partial charge in [-0.1, -0.05) is 22.0 Å². The smallest absolute Gasteiger partial charge is 0.345 e. The SMILES string of the molecule is FC(F)OCCOc1cc2ncnc(Oc3cccc(Br)c3)c2cc1OCCOC(F)F. The fourth-order valence-corrected chi connectivity index (χ4v) is 2.95. The molecular formula is C20H17BrF4N2O5. The maximum absolute atomic E-state index is 12.2. The monoisotopic (exact) mass is 520 g/mol. The topological polar surface area (TPSA) is 71.9 Å². The first kappa shape index (κ1) is 24.0. The van der Waals surface area contributed by atoms with Crippen LogP contribution in [-0.4, -0.2) is 49.6 Å². The number of aromatic nitrogens is 2. The predicted octanol–water partition coefficient (Wildman–Crippen LogP) is 5.42. The van der Waals surface area contributed by atoms with Gasteiger partial charge < -0.3 is 23.7 Å². The number of nitrogens with zero attached hydrogens (tertiary/aromatic N) is 2. The van der Waals surface area contributed by atoms with Crippen molar-refractivity contribution in [3.63, 3.8) is 0 Å². The lowest BCUT2D eigenvalue weighted by Gasteiger charge is -2.15. The van der Waals surface area contributed by atoms with E-state index in [9.17, 15) is 17.6 Å². The molecule has 0 atom stereocenters. The Hall–Kier alpha value is -2.70. The molecule has 0 aliphatic rings. The van der Waals surface area contributed by atoms with Gasteiger partial charge in [-0.25, -0.2) is 9.97 Å². The quantitative estimate of drug-likeness (QED) is 0.233. The van der Waals surface area contributed by atoms with Crippen molar-refractivity contribution >= 4 is 26.8 Å². The third-order valence-corrected chi connectivity index (χ3v) is 4.34. The van der Waals surface area contributed by atoms with Crippen LogP contribution in [0.5, 0.6) is 23.1 Å². The van der Waals surface area contributed by atoms with E-state index in [-0.39, 0.29) is 43.8 Å². The largest absolute Gasteiger partial charge is 0.487 e. The number of ether oxygens (including phenoxy) is 5. The highest BCUT2D eigenvalue weighted by Crippen LogP contribution is 2.36. The molecule has 0 amide bonds. The fourth-order valence-electron chi connectivity index (χ4n) is 2.57. The van der Waals surface area contributed by atoms with Gasteiger partial charge in [0.05, 0.1) is 24.1 Å². The van der Waals surface area contributed by atoms with Crippen LogP contribution in [0, 0.1) is 0 Å². The summed E-state index contributed by atoms with van der Waals surface area (Å²) >= 11 is 3.36. The van der Waals surface area contributed by atoms with E-state index in [2.05, 4.69) is 35.4 Å². The van der Waals surface area contributed by atoms with E-state index in [1.165, 1.54) is 18.5 Å². The Labute approximate surface area is 188 Å². The van der Waals surface area contributed by atoms with Gasteiger partial charge in [-0.15, -0.1) is 0 Å². The second-order valence-electron chi connectivity index (χ2n) is 6.01. The number of rotatable bonds is 12. The Bertz CT molecular complexity index is 1030. The minimum absolute atomic E-state index is 0.140. The molecule has 0 fully saturated rings. The van der Waals surface area contributed by atoms with Crippen molar-refractivity contribution < 1.29 is 41.2 Å². The number of alkyl halides is 4. The van der Waals surface area contributed by atoms with E-state index >= 15 is 0 Å². The van der Waals surface area contributed by atoms with Gasteiger partial charge in [0.15, 0.2) is 11.5 Å². The zero-order chi connectivity index (χ0) is 22.9. The summed E-state index contributed by atoms with van der Waals surface area (Å²) in [6, 6.07) is 10.1. The summed E-state index contributed by atoms with van der Waals surface area (Å²) in [6.45, 7) is -7.03. The average molecular weight is 521 g/mol. The molecule has 32 heavy (non-hydrogen) atoms. The zero-order valence-electron chi connectivity index (χ0n) is 16.4. The number of hydrogen-bond donors (Lipinski definition) is 0. The summed E-state index contributed by atoms with van der Waals surface area (Å²) in [5.74, 6) is 1.02. The highest BCUT2D eigenvalue weighted by molar-refractivity contribution is 9.10. The Morgan fingerprint density at radius 1 is 0.812 bits per heavy atom. The van der Waals surface area contributed by atoms with Crippen LogP contribution in [0.3, 0.4) is 0 Å². The van der Waals surface area contributed by atoms with E-state index in [0.717, 1.165) is 4.47 Å².